The summed E-state index contributed by atoms with van der Waals surface area (Å²) in [6.07, 6.45) is 6.59. The molecular weight excluding hydrogens is 410 g/mol. The van der Waals surface area contributed by atoms with Crippen molar-refractivity contribution in [2.45, 2.75) is 18.9 Å². The van der Waals surface area contributed by atoms with Crippen LogP contribution in [-0.2, 0) is 0 Å². The van der Waals surface area contributed by atoms with E-state index in [2.05, 4.69) is 25.5 Å². The molecule has 32 heavy (non-hydrogen) atoms. The summed E-state index contributed by atoms with van der Waals surface area (Å²) in [4.78, 5) is 24.3. The Morgan fingerprint density at radius 2 is 1.97 bits per heavy atom. The number of carbonyl (C=O) groups is 1. The molecule has 2 amide bonds. The average molecular weight is 433 g/mol. The Morgan fingerprint density at radius 1 is 1.12 bits per heavy atom. The van der Waals surface area contributed by atoms with Crippen LogP contribution >= 0.6 is 0 Å². The van der Waals surface area contributed by atoms with Crippen molar-refractivity contribution in [2.75, 3.05) is 27.2 Å². The lowest BCUT2D eigenvalue weighted by atomic mass is 10.1. The second-order valence-corrected chi connectivity index (χ2v) is 7.88. The van der Waals surface area contributed by atoms with Crippen LogP contribution in [0.3, 0.4) is 0 Å². The van der Waals surface area contributed by atoms with Gasteiger partial charge in [-0.3, -0.25) is 0 Å². The first-order valence-corrected chi connectivity index (χ1v) is 10.4. The van der Waals surface area contributed by atoms with Gasteiger partial charge in [0.2, 0.25) is 5.88 Å². The van der Waals surface area contributed by atoms with Crippen molar-refractivity contribution in [3.05, 3.63) is 49.2 Å². The Labute approximate surface area is 184 Å². The van der Waals surface area contributed by atoms with Gasteiger partial charge in [-0.05, 0) is 34.7 Å². The Hall–Kier alpha value is -4.02. The molecule has 1 aliphatic rings. The first-order chi connectivity index (χ1) is 15.6. The van der Waals surface area contributed by atoms with E-state index in [9.17, 15) is 4.79 Å². The maximum Gasteiger partial charge on any atom is 0.319 e. The number of rotatable bonds is 4. The van der Waals surface area contributed by atoms with Crippen LogP contribution in [0.15, 0.2) is 49.2 Å². The van der Waals surface area contributed by atoms with E-state index in [0.29, 0.717) is 19.0 Å². The number of benzene rings is 1. The van der Waals surface area contributed by atoms with E-state index >= 15 is 0 Å². The van der Waals surface area contributed by atoms with Gasteiger partial charge in [0.1, 0.15) is 24.6 Å². The zero-order valence-electron chi connectivity index (χ0n) is 17.9. The first-order valence-electron chi connectivity index (χ1n) is 10.4. The monoisotopic (exact) mass is 433 g/mol. The van der Waals surface area contributed by atoms with Gasteiger partial charge in [0.15, 0.2) is 0 Å². The highest BCUT2D eigenvalue weighted by Crippen LogP contribution is 2.24. The molecule has 0 radical (unpaired) electrons. The summed E-state index contributed by atoms with van der Waals surface area (Å²) >= 11 is 0. The van der Waals surface area contributed by atoms with E-state index in [1.54, 1.807) is 30.0 Å². The van der Waals surface area contributed by atoms with Crippen LogP contribution < -0.4 is 4.74 Å². The topological polar surface area (TPSA) is 107 Å². The number of hydrogen-bond acceptors (Lipinski definition) is 7. The molecule has 4 aromatic rings. The zero-order chi connectivity index (χ0) is 22.1. The van der Waals surface area contributed by atoms with Crippen molar-refractivity contribution < 1.29 is 9.53 Å². The van der Waals surface area contributed by atoms with E-state index in [-0.39, 0.29) is 12.1 Å². The molecule has 0 unspecified atom stereocenters. The number of fused-ring (bicyclic) bond motifs is 1. The fourth-order valence-electron chi connectivity index (χ4n) is 3.90. The van der Waals surface area contributed by atoms with Gasteiger partial charge in [-0.1, -0.05) is 0 Å². The molecule has 0 N–H and O–H groups in total. The molecule has 11 nitrogen and oxygen atoms in total. The maximum atomic E-state index is 12.1. The smallest absolute Gasteiger partial charge is 0.319 e. The molecule has 5 rings (SSSR count). The molecule has 1 aromatic carbocycles. The minimum atomic E-state index is 0.0178. The average Bonchev–Trinajstić information content (AvgIpc) is 3.49. The third-order valence-electron chi connectivity index (χ3n) is 5.54. The second-order valence-electron chi connectivity index (χ2n) is 7.88. The van der Waals surface area contributed by atoms with E-state index < -0.39 is 0 Å². The van der Waals surface area contributed by atoms with Crippen molar-refractivity contribution in [1.82, 2.24) is 44.5 Å². The number of amides is 2. The van der Waals surface area contributed by atoms with Gasteiger partial charge in [-0.25, -0.2) is 19.4 Å². The fourth-order valence-corrected chi connectivity index (χ4v) is 3.90. The van der Waals surface area contributed by atoms with Gasteiger partial charge in [-0.2, -0.15) is 0 Å². The Kier molecular flexibility index (Phi) is 5.13. The molecule has 1 fully saturated rings. The molecule has 4 heterocycles. The molecular formula is C21H23N9O2. The van der Waals surface area contributed by atoms with E-state index in [1.807, 2.05) is 46.0 Å². The van der Waals surface area contributed by atoms with Crippen LogP contribution in [0.2, 0.25) is 0 Å². The van der Waals surface area contributed by atoms with Crippen LogP contribution in [0, 0.1) is 0 Å². The largest absolute Gasteiger partial charge is 0.474 e. The molecule has 0 bridgehead atoms. The van der Waals surface area contributed by atoms with Crippen molar-refractivity contribution in [3.63, 3.8) is 0 Å². The highest BCUT2D eigenvalue weighted by Gasteiger charge is 2.25. The predicted octanol–water partition coefficient (Wildman–Crippen LogP) is 1.92. The molecule has 1 saturated heterocycles. The second kappa shape index (κ2) is 8.25. The van der Waals surface area contributed by atoms with E-state index in [1.165, 1.54) is 6.33 Å². The summed E-state index contributed by atoms with van der Waals surface area (Å²) in [7, 11) is 3.54. The van der Waals surface area contributed by atoms with Crippen molar-refractivity contribution >= 4 is 16.9 Å². The molecule has 0 atom stereocenters. The molecule has 0 aliphatic carbocycles. The fraction of sp³-hybridized carbons (Fsp3) is 0.333. The van der Waals surface area contributed by atoms with Gasteiger partial charge in [0.05, 0.1) is 11.2 Å². The van der Waals surface area contributed by atoms with E-state index in [0.717, 1.165) is 35.2 Å². The molecule has 11 heteroatoms. The number of carbonyl (C=O) groups excluding carboxylic acids is 1. The van der Waals surface area contributed by atoms with Crippen LogP contribution in [0.4, 0.5) is 4.79 Å². The van der Waals surface area contributed by atoms with Crippen LogP contribution in [0.1, 0.15) is 12.8 Å². The van der Waals surface area contributed by atoms with Crippen molar-refractivity contribution in [3.8, 4) is 17.4 Å². The summed E-state index contributed by atoms with van der Waals surface area (Å²) in [5, 5.41) is 12.3. The third kappa shape index (κ3) is 3.84. The van der Waals surface area contributed by atoms with Gasteiger partial charge in [0, 0.05) is 57.7 Å². The molecule has 164 valence electrons. The van der Waals surface area contributed by atoms with Gasteiger partial charge in [-0.15, -0.1) is 5.10 Å². The van der Waals surface area contributed by atoms with Gasteiger partial charge >= 0.3 is 6.03 Å². The predicted molar refractivity (Wildman–Crippen MR) is 116 cm³/mol. The molecule has 1 aliphatic heterocycles. The Bertz CT molecular complexity index is 1230. The number of piperidine rings is 1. The minimum Gasteiger partial charge on any atom is -0.474 e. The normalized spacial score (nSPS) is 14.6. The highest BCUT2D eigenvalue weighted by atomic mass is 16.5. The first kappa shape index (κ1) is 19.9. The van der Waals surface area contributed by atoms with Crippen LogP contribution in [0.5, 0.6) is 5.88 Å². The molecule has 3 aromatic heterocycles. The lowest BCUT2D eigenvalue weighted by molar-refractivity contribution is 0.0982. The summed E-state index contributed by atoms with van der Waals surface area (Å²) < 4.78 is 9.73. The standard InChI is InChI=1S/C21H23N9O2/c1-27(2)21(31)28-8-6-17(7-9-28)32-20-12-19(22-13-23-20)29-10-5-15-11-16(3-4-18(15)29)30-14-24-25-26-30/h3-5,10-14,17H,6-9H2,1-2H3. The molecule has 0 spiro atoms. The minimum absolute atomic E-state index is 0.0178. The summed E-state index contributed by atoms with van der Waals surface area (Å²) in [6.45, 7) is 1.34. The highest BCUT2D eigenvalue weighted by molar-refractivity contribution is 5.83. The van der Waals surface area contributed by atoms with E-state index in [4.69, 9.17) is 4.74 Å². The summed E-state index contributed by atoms with van der Waals surface area (Å²) in [5.41, 5.74) is 1.88. The summed E-state index contributed by atoms with van der Waals surface area (Å²) in [6, 6.07) is 9.87. The molecule has 0 saturated carbocycles. The number of hydrogen-bond donors (Lipinski definition) is 0. The lowest BCUT2D eigenvalue weighted by Crippen LogP contribution is -2.46. The lowest BCUT2D eigenvalue weighted by Gasteiger charge is -2.33. The maximum absolute atomic E-state index is 12.1. The number of aromatic nitrogens is 7. The number of likely N-dealkylation sites (tertiary alicyclic amines) is 1. The Morgan fingerprint density at radius 3 is 2.72 bits per heavy atom. The number of tetrazole rings is 1. The van der Waals surface area contributed by atoms with Gasteiger partial charge < -0.3 is 19.1 Å². The number of urea groups is 1. The quantitative estimate of drug-likeness (QED) is 0.484. The Balaban J connectivity index is 1.31. The van der Waals surface area contributed by atoms with Gasteiger partial charge in [0.25, 0.3) is 0 Å². The number of nitrogens with zero attached hydrogens (tertiary/aromatic N) is 9. The van der Waals surface area contributed by atoms with Crippen LogP contribution in [-0.4, -0.2) is 83.9 Å². The van der Waals surface area contributed by atoms with Crippen LogP contribution in [0.25, 0.3) is 22.4 Å². The van der Waals surface area contributed by atoms with Crippen molar-refractivity contribution in [1.29, 1.82) is 0 Å². The number of ether oxygens (including phenoxy) is 1. The third-order valence-corrected chi connectivity index (χ3v) is 5.54. The zero-order valence-corrected chi connectivity index (χ0v) is 17.9. The SMILES string of the molecule is CN(C)C(=O)N1CCC(Oc2cc(-n3ccc4cc(-n5cnnn5)ccc43)ncn2)CC1. The van der Waals surface area contributed by atoms with Crippen molar-refractivity contribution in [2.24, 2.45) is 0 Å². The summed E-state index contributed by atoms with van der Waals surface area (Å²) in [5.74, 6) is 1.25.